The number of benzene rings is 9. The first-order chi connectivity index (χ1) is 42.3. The summed E-state index contributed by atoms with van der Waals surface area (Å²) in [5.74, 6) is 0. The van der Waals surface area contributed by atoms with Crippen molar-refractivity contribution in [2.75, 3.05) is 0 Å². The third-order valence-corrected chi connectivity index (χ3v) is 13.1. The highest BCUT2D eigenvalue weighted by Crippen LogP contribution is 2.64. The number of rotatable bonds is 6. The van der Waals surface area contributed by atoms with Crippen LogP contribution in [0.25, 0.3) is 33.0 Å². The van der Waals surface area contributed by atoms with E-state index in [1.807, 2.05) is 0 Å². The summed E-state index contributed by atoms with van der Waals surface area (Å²) in [6.07, 6.45) is 0. The molecule has 2 aliphatic rings. The molecule has 0 aromatic heterocycles. The molecule has 0 heterocycles. The molecule has 9 aromatic rings. The van der Waals surface area contributed by atoms with E-state index >= 15 is 0 Å². The van der Waals surface area contributed by atoms with Crippen molar-refractivity contribution in [2.45, 2.75) is 5.41 Å². The average molecular weight is 771 g/mol. The van der Waals surface area contributed by atoms with E-state index in [0.29, 0.717) is 0 Å². The summed E-state index contributed by atoms with van der Waals surface area (Å²) < 4.78 is 335. The van der Waals surface area contributed by atoms with Crippen molar-refractivity contribution < 1.29 is 49.3 Å². The van der Waals surface area contributed by atoms with Crippen molar-refractivity contribution >= 4 is 58.4 Å². The second kappa shape index (κ2) is 13.1. The SMILES string of the molecule is [2H]c1c([2H])c([2H])c(P(c2c([2H])c([2H])c([2H])c([2H])c2[2H])c2c([2H])c([2H])c3c(c2[2H])C2(c4c([2H])c(P(c5c([2H])c([2H])c([2H])c([2H])c5[2H])c5c([2H])c([2H])c([2H])c([2H])c5[2H])c([2H])c([2H])c4-3)c3c([2H])c([2H])c([2H])c([2H])c3-c3c2c([2H])c([2H])c2c([2H])c([2H])c([2H])c([2H])c32)c([2H])c1[2H]. The number of fused-ring (bicyclic) bond motifs is 12. The van der Waals surface area contributed by atoms with E-state index in [1.54, 1.807) is 0 Å². The lowest BCUT2D eigenvalue weighted by Crippen LogP contribution is -2.29. The molecular formula is C53H36P2. The van der Waals surface area contributed by atoms with Crippen LogP contribution in [0, 0.1) is 0 Å². The van der Waals surface area contributed by atoms with E-state index in [0.717, 1.165) is 0 Å². The van der Waals surface area contributed by atoms with Crippen molar-refractivity contribution in [1.82, 2.24) is 0 Å². The number of hydrogen-bond acceptors (Lipinski definition) is 0. The third kappa shape index (κ3) is 4.99. The van der Waals surface area contributed by atoms with E-state index < -0.39 is 326 Å². The standard InChI is InChI=1S/C53H36P2/c1-5-18-38(19-6-1)54(39-20-7-2-8-21-39)42-30-32-45-46-33-31-43(55(40-22-9-3-10-23-40)41-24-11-4-12-25-41)36-51(46)53(50(45)35-42)48-28-16-15-27-47(48)52-44-26-14-13-17-37(44)29-34-49(52)53/h1-36H/i1D,2D,3D,4D,5D,6D,7D,8D,9D,10D,11D,12D,13D,14D,15D,16D,17D,18D,19D,20D,21D,22D,23D,24D,25D,26D,27D,28D,29D,30D,31D,32D,33D,34D,35D,36D. The Hall–Kier alpha value is -5.90. The fourth-order valence-corrected chi connectivity index (χ4v) is 10.5. The lowest BCUT2D eigenvalue weighted by Gasteiger charge is -2.32. The molecule has 0 bridgehead atoms. The van der Waals surface area contributed by atoms with Gasteiger partial charge in [-0.2, -0.15) is 0 Å². The van der Waals surface area contributed by atoms with Crippen LogP contribution in [-0.4, -0.2) is 0 Å². The molecule has 0 unspecified atom stereocenters. The van der Waals surface area contributed by atoms with Gasteiger partial charge in [0.2, 0.25) is 0 Å². The Labute approximate surface area is 375 Å². The molecule has 0 radical (unpaired) electrons. The monoisotopic (exact) mass is 770 g/mol. The number of hydrogen-bond donors (Lipinski definition) is 0. The molecular weight excluding hydrogens is 699 g/mol. The van der Waals surface area contributed by atoms with Crippen LogP contribution in [-0.2, 0) is 5.41 Å². The predicted molar refractivity (Wildman–Crippen MR) is 238 cm³/mol. The van der Waals surface area contributed by atoms with E-state index in [4.69, 9.17) is 21.9 Å². The van der Waals surface area contributed by atoms with Gasteiger partial charge in [0.25, 0.3) is 0 Å². The Morgan fingerprint density at radius 3 is 1.25 bits per heavy atom. The molecule has 258 valence electrons. The minimum Gasteiger partial charge on any atom is -0.0622 e. The second-order valence-electron chi connectivity index (χ2n) is 11.8. The van der Waals surface area contributed by atoms with Crippen molar-refractivity contribution in [3.63, 3.8) is 0 Å². The quantitative estimate of drug-likeness (QED) is 0.148. The van der Waals surface area contributed by atoms with Crippen LogP contribution in [0.1, 0.15) is 71.6 Å². The van der Waals surface area contributed by atoms with Gasteiger partial charge in [-0.05, 0) is 115 Å². The molecule has 2 heteroatoms. The summed E-state index contributed by atoms with van der Waals surface area (Å²) >= 11 is 0. The molecule has 0 N–H and O–H groups in total. The maximum Gasteiger partial charge on any atom is 0.0726 e. The van der Waals surface area contributed by atoms with E-state index in [1.165, 1.54) is 0 Å². The maximum atomic E-state index is 10.8. The maximum absolute atomic E-state index is 10.8. The summed E-state index contributed by atoms with van der Waals surface area (Å²) in [5, 5.41) is -7.30. The van der Waals surface area contributed by atoms with Crippen molar-refractivity contribution in [3.05, 3.63) is 240 Å². The van der Waals surface area contributed by atoms with E-state index in [-0.39, 0.29) is 0 Å². The van der Waals surface area contributed by atoms with Gasteiger partial charge in [0.1, 0.15) is 0 Å². The molecule has 0 saturated heterocycles. The Morgan fingerprint density at radius 1 is 0.309 bits per heavy atom. The van der Waals surface area contributed by atoms with Crippen LogP contribution in [0.4, 0.5) is 0 Å². The Balaban J connectivity index is 1.51. The molecule has 0 aliphatic heterocycles. The van der Waals surface area contributed by atoms with Crippen molar-refractivity contribution in [1.29, 1.82) is 0 Å². The fraction of sp³-hybridized carbons (Fsp3) is 0.0189. The summed E-state index contributed by atoms with van der Waals surface area (Å²) in [6, 6.07) is -40.2. The van der Waals surface area contributed by atoms with Crippen molar-refractivity contribution in [3.8, 4) is 22.3 Å². The Morgan fingerprint density at radius 2 is 0.745 bits per heavy atom. The lowest BCUT2D eigenvalue weighted by molar-refractivity contribution is 0.796. The second-order valence-corrected chi connectivity index (χ2v) is 15.8. The summed E-state index contributed by atoms with van der Waals surface area (Å²) in [6.45, 7) is 0. The van der Waals surface area contributed by atoms with Crippen LogP contribution in [0.15, 0.2) is 218 Å². The zero-order valence-corrected chi connectivity index (χ0v) is 29.2. The van der Waals surface area contributed by atoms with Crippen LogP contribution in [0.3, 0.4) is 0 Å². The minimum atomic E-state index is -3.68. The zero-order valence-electron chi connectivity index (χ0n) is 63.4. The summed E-state index contributed by atoms with van der Waals surface area (Å²) in [5.41, 5.74) is -10.5. The van der Waals surface area contributed by atoms with Gasteiger partial charge >= 0.3 is 0 Å². The molecule has 0 atom stereocenters. The summed E-state index contributed by atoms with van der Waals surface area (Å²) in [4.78, 5) is 0. The molecule has 0 fully saturated rings. The Bertz CT molecular complexity index is 4510. The molecule has 9 aromatic carbocycles. The predicted octanol–water partition coefficient (Wildman–Crippen LogP) is 10.7. The van der Waals surface area contributed by atoms with Gasteiger partial charge < -0.3 is 0 Å². The third-order valence-electron chi connectivity index (χ3n) is 9.07. The van der Waals surface area contributed by atoms with Gasteiger partial charge in [-0.3, -0.25) is 0 Å². The zero-order chi connectivity index (χ0) is 67.7. The lowest BCUT2D eigenvalue weighted by atomic mass is 9.70. The molecule has 11 rings (SSSR count). The smallest absolute Gasteiger partial charge is 0.0622 e. The normalized spacial score (nSPS) is 22.4. The van der Waals surface area contributed by atoms with E-state index in [9.17, 15) is 27.4 Å². The van der Waals surface area contributed by atoms with Crippen LogP contribution in [0.2, 0.25) is 0 Å². The average Bonchev–Trinajstić information content (AvgIpc) is 1.48. The van der Waals surface area contributed by atoms with Crippen LogP contribution in [0.5, 0.6) is 0 Å². The largest absolute Gasteiger partial charge is 0.0726 e. The Kier molecular flexibility index (Phi) is 3.00. The highest BCUT2D eigenvalue weighted by atomic mass is 31.1. The van der Waals surface area contributed by atoms with Crippen LogP contribution >= 0.6 is 15.8 Å². The first kappa shape index (κ1) is 12.6. The van der Waals surface area contributed by atoms with E-state index in [2.05, 4.69) is 0 Å². The topological polar surface area (TPSA) is 0 Å². The van der Waals surface area contributed by atoms with Gasteiger partial charge in [-0.25, -0.2) is 0 Å². The molecule has 0 saturated carbocycles. The first-order valence-corrected chi connectivity index (χ1v) is 18.8. The fourth-order valence-electron chi connectivity index (χ4n) is 7.01. The minimum absolute atomic E-state index is 0.744. The van der Waals surface area contributed by atoms with Gasteiger partial charge in [0, 0.05) is 0 Å². The highest BCUT2D eigenvalue weighted by Gasteiger charge is 2.52. The van der Waals surface area contributed by atoms with Gasteiger partial charge in [0.05, 0.1) is 54.8 Å². The summed E-state index contributed by atoms with van der Waals surface area (Å²) in [7, 11) is -7.36. The molecule has 0 nitrogen and oxygen atoms in total. The highest BCUT2D eigenvalue weighted by molar-refractivity contribution is 7.80. The molecule has 1 spiro atoms. The first-order valence-electron chi connectivity index (χ1n) is 34.1. The van der Waals surface area contributed by atoms with Gasteiger partial charge in [-0.15, -0.1) is 0 Å². The molecule has 2 aliphatic carbocycles. The van der Waals surface area contributed by atoms with Crippen LogP contribution < -0.4 is 31.8 Å². The molecule has 0 amide bonds. The van der Waals surface area contributed by atoms with Gasteiger partial charge in [0.15, 0.2) is 0 Å². The van der Waals surface area contributed by atoms with Crippen molar-refractivity contribution in [2.24, 2.45) is 0 Å². The van der Waals surface area contributed by atoms with Gasteiger partial charge in [-0.1, -0.05) is 205 Å². The molecule has 55 heavy (non-hydrogen) atoms.